The monoisotopic (exact) mass is 329 g/mol. The van der Waals surface area contributed by atoms with Crippen LogP contribution >= 0.6 is 11.8 Å². The molecule has 0 spiro atoms. The molecule has 1 aromatic heterocycles. The van der Waals surface area contributed by atoms with E-state index < -0.39 is 0 Å². The minimum absolute atomic E-state index is 0.150. The first-order valence-electron chi connectivity index (χ1n) is 8.22. The van der Waals surface area contributed by atoms with Crippen LogP contribution in [-0.2, 0) is 6.54 Å². The van der Waals surface area contributed by atoms with Crippen LogP contribution in [0, 0.1) is 13.8 Å². The number of benzene rings is 1. The first-order valence-corrected chi connectivity index (χ1v) is 9.10. The second-order valence-corrected chi connectivity index (χ2v) is 7.59. The summed E-state index contributed by atoms with van der Waals surface area (Å²) < 4.78 is 2.16. The average Bonchev–Trinajstić information content (AvgIpc) is 3.30. The van der Waals surface area contributed by atoms with Crippen molar-refractivity contribution in [3.8, 4) is 0 Å². The number of Topliss-reactive ketones (excluding diaryl/α,β-unsaturated/α-hetero) is 1. The Bertz CT molecular complexity index is 734. The molecule has 0 saturated heterocycles. The van der Waals surface area contributed by atoms with Gasteiger partial charge in [0.2, 0.25) is 0 Å². The molecule has 23 heavy (non-hydrogen) atoms. The average molecular weight is 329 g/mol. The van der Waals surface area contributed by atoms with E-state index in [9.17, 15) is 4.79 Å². The molecule has 1 saturated carbocycles. The molecule has 1 aliphatic carbocycles. The standard InChI is InChI=1S/C18H23N3OS/c1-5-21-17(14-8-9-14)19-20-18(21)23-13(4)16(22)15-7-6-11(2)12(3)10-15/h6-7,10,13-14H,5,8-9H2,1-4H3/t13-/m0/s1. The molecule has 1 heterocycles. The van der Waals surface area contributed by atoms with E-state index in [4.69, 9.17) is 0 Å². The number of aromatic nitrogens is 3. The van der Waals surface area contributed by atoms with Crippen LogP contribution in [-0.4, -0.2) is 25.8 Å². The molecule has 1 aromatic carbocycles. The number of carbonyl (C=O) groups excluding carboxylic acids is 1. The molecule has 0 aliphatic heterocycles. The predicted octanol–water partition coefficient (Wildman–Crippen LogP) is 4.16. The molecule has 0 amide bonds. The lowest BCUT2D eigenvalue weighted by Crippen LogP contribution is -2.15. The largest absolute Gasteiger partial charge is 0.306 e. The van der Waals surface area contributed by atoms with Crippen molar-refractivity contribution in [1.29, 1.82) is 0 Å². The Morgan fingerprint density at radius 3 is 2.65 bits per heavy atom. The number of carbonyl (C=O) groups is 1. The highest BCUT2D eigenvalue weighted by molar-refractivity contribution is 8.00. The molecular formula is C18H23N3OS. The number of hydrogen-bond donors (Lipinski definition) is 0. The van der Waals surface area contributed by atoms with Crippen LogP contribution in [0.2, 0.25) is 0 Å². The lowest BCUT2D eigenvalue weighted by molar-refractivity contribution is 0.0993. The van der Waals surface area contributed by atoms with Gasteiger partial charge in [-0.05, 0) is 57.7 Å². The van der Waals surface area contributed by atoms with Crippen molar-refractivity contribution in [2.45, 2.75) is 63.4 Å². The maximum absolute atomic E-state index is 12.7. The third-order valence-electron chi connectivity index (χ3n) is 4.45. The van der Waals surface area contributed by atoms with Crippen molar-refractivity contribution in [3.63, 3.8) is 0 Å². The lowest BCUT2D eigenvalue weighted by Gasteiger charge is -2.12. The van der Waals surface area contributed by atoms with Gasteiger partial charge in [-0.25, -0.2) is 0 Å². The molecule has 1 fully saturated rings. The van der Waals surface area contributed by atoms with E-state index in [1.807, 2.05) is 32.0 Å². The van der Waals surface area contributed by atoms with Gasteiger partial charge in [-0.15, -0.1) is 10.2 Å². The molecule has 122 valence electrons. The summed E-state index contributed by atoms with van der Waals surface area (Å²) in [5, 5.41) is 9.35. The molecule has 5 heteroatoms. The molecule has 0 radical (unpaired) electrons. The fourth-order valence-corrected chi connectivity index (χ4v) is 3.67. The van der Waals surface area contributed by atoms with Crippen molar-refractivity contribution in [2.75, 3.05) is 0 Å². The van der Waals surface area contributed by atoms with Crippen LogP contribution in [0.3, 0.4) is 0 Å². The maximum atomic E-state index is 12.7. The minimum atomic E-state index is -0.168. The zero-order chi connectivity index (χ0) is 16.6. The van der Waals surface area contributed by atoms with E-state index in [-0.39, 0.29) is 11.0 Å². The number of aryl methyl sites for hydroxylation is 2. The van der Waals surface area contributed by atoms with Crippen molar-refractivity contribution >= 4 is 17.5 Å². The van der Waals surface area contributed by atoms with E-state index in [1.54, 1.807) is 0 Å². The predicted molar refractivity (Wildman–Crippen MR) is 93.2 cm³/mol. The number of nitrogens with zero attached hydrogens (tertiary/aromatic N) is 3. The van der Waals surface area contributed by atoms with Gasteiger partial charge in [-0.1, -0.05) is 23.9 Å². The van der Waals surface area contributed by atoms with E-state index in [0.29, 0.717) is 5.92 Å². The highest BCUT2D eigenvalue weighted by atomic mass is 32.2. The summed E-state index contributed by atoms with van der Waals surface area (Å²) >= 11 is 1.51. The van der Waals surface area contributed by atoms with Crippen LogP contribution in [0.1, 0.15) is 59.9 Å². The second-order valence-electron chi connectivity index (χ2n) is 6.28. The Labute approximate surface area is 141 Å². The minimum Gasteiger partial charge on any atom is -0.306 e. The van der Waals surface area contributed by atoms with Crippen molar-refractivity contribution in [2.24, 2.45) is 0 Å². The summed E-state index contributed by atoms with van der Waals surface area (Å²) in [6.45, 7) is 9.01. The maximum Gasteiger partial charge on any atom is 0.191 e. The number of hydrogen-bond acceptors (Lipinski definition) is 4. The normalized spacial score (nSPS) is 15.7. The summed E-state index contributed by atoms with van der Waals surface area (Å²) in [5.74, 6) is 1.81. The Hall–Kier alpha value is -1.62. The van der Waals surface area contributed by atoms with Crippen LogP contribution < -0.4 is 0 Å². The molecule has 3 rings (SSSR count). The molecule has 1 atom stereocenters. The highest BCUT2D eigenvalue weighted by Gasteiger charge is 2.30. The Kier molecular flexibility index (Phi) is 4.57. The van der Waals surface area contributed by atoms with Crippen molar-refractivity contribution in [1.82, 2.24) is 14.8 Å². The van der Waals surface area contributed by atoms with Crippen LogP contribution in [0.15, 0.2) is 23.4 Å². The van der Waals surface area contributed by atoms with E-state index >= 15 is 0 Å². The van der Waals surface area contributed by atoms with Crippen molar-refractivity contribution < 1.29 is 4.79 Å². The first kappa shape index (κ1) is 16.2. The van der Waals surface area contributed by atoms with Gasteiger partial charge in [-0.2, -0.15) is 0 Å². The van der Waals surface area contributed by atoms with Gasteiger partial charge >= 0.3 is 0 Å². The van der Waals surface area contributed by atoms with E-state index in [1.165, 1.54) is 30.2 Å². The van der Waals surface area contributed by atoms with E-state index in [2.05, 4.69) is 28.6 Å². The first-order chi connectivity index (χ1) is 11.0. The molecular weight excluding hydrogens is 306 g/mol. The van der Waals surface area contributed by atoms with Gasteiger partial charge in [0.05, 0.1) is 5.25 Å². The van der Waals surface area contributed by atoms with Gasteiger partial charge < -0.3 is 4.57 Å². The van der Waals surface area contributed by atoms with E-state index in [0.717, 1.165) is 28.7 Å². The highest BCUT2D eigenvalue weighted by Crippen LogP contribution is 2.40. The Balaban J connectivity index is 1.77. The molecule has 0 unspecified atom stereocenters. The summed E-state index contributed by atoms with van der Waals surface area (Å²) in [6.07, 6.45) is 2.42. The smallest absolute Gasteiger partial charge is 0.191 e. The SMILES string of the molecule is CCn1c(S[C@@H](C)C(=O)c2ccc(C)c(C)c2)nnc1C1CC1. The zero-order valence-corrected chi connectivity index (χ0v) is 15.0. The fourth-order valence-electron chi connectivity index (χ4n) is 2.67. The summed E-state index contributed by atoms with van der Waals surface area (Å²) in [7, 11) is 0. The topological polar surface area (TPSA) is 47.8 Å². The van der Waals surface area contributed by atoms with Crippen LogP contribution in [0.5, 0.6) is 0 Å². The lowest BCUT2D eigenvalue weighted by atomic mass is 10.0. The fraction of sp³-hybridized carbons (Fsp3) is 0.500. The van der Waals surface area contributed by atoms with Crippen LogP contribution in [0.25, 0.3) is 0 Å². The zero-order valence-electron chi connectivity index (χ0n) is 14.2. The summed E-state index contributed by atoms with van der Waals surface area (Å²) in [6, 6.07) is 5.91. The van der Waals surface area contributed by atoms with Crippen molar-refractivity contribution in [3.05, 3.63) is 40.7 Å². The van der Waals surface area contributed by atoms with Crippen LogP contribution in [0.4, 0.5) is 0 Å². The third kappa shape index (κ3) is 3.34. The van der Waals surface area contributed by atoms with Gasteiger partial charge in [-0.3, -0.25) is 4.79 Å². The quantitative estimate of drug-likeness (QED) is 0.590. The summed E-state index contributed by atoms with van der Waals surface area (Å²) in [4.78, 5) is 12.7. The molecule has 2 aromatic rings. The molecule has 0 N–H and O–H groups in total. The second kappa shape index (κ2) is 6.48. The van der Waals surface area contributed by atoms with Gasteiger partial charge in [0.25, 0.3) is 0 Å². The molecule has 4 nitrogen and oxygen atoms in total. The van der Waals surface area contributed by atoms with Gasteiger partial charge in [0.1, 0.15) is 5.82 Å². The molecule has 0 bridgehead atoms. The summed E-state index contributed by atoms with van der Waals surface area (Å²) in [5.41, 5.74) is 3.14. The molecule has 1 aliphatic rings. The number of ketones is 1. The Morgan fingerprint density at radius 2 is 2.04 bits per heavy atom. The Morgan fingerprint density at radius 1 is 1.30 bits per heavy atom. The number of thioether (sulfide) groups is 1. The van der Waals surface area contributed by atoms with Gasteiger partial charge in [0.15, 0.2) is 10.9 Å². The third-order valence-corrected chi connectivity index (χ3v) is 5.53. The number of rotatable bonds is 6. The van der Waals surface area contributed by atoms with Gasteiger partial charge in [0, 0.05) is 18.0 Å².